The Bertz CT molecular complexity index is 556. The molecular weight excluding hydrogens is 330 g/mol. The molecule has 25 heavy (non-hydrogen) atoms. The Morgan fingerprint density at radius 1 is 1.32 bits per heavy atom. The van der Waals surface area contributed by atoms with E-state index in [0.717, 1.165) is 48.0 Å². The average Bonchev–Trinajstić information content (AvgIpc) is 2.95. The lowest BCUT2D eigenvalue weighted by Crippen LogP contribution is -2.57. The zero-order valence-electron chi connectivity index (χ0n) is 16.7. The zero-order chi connectivity index (χ0) is 18.4. The van der Waals surface area contributed by atoms with Gasteiger partial charge in [-0.1, -0.05) is 13.8 Å². The fraction of sp³-hybridized carbons (Fsp3) is 0.789. The lowest BCUT2D eigenvalue weighted by molar-refractivity contribution is 0.0483. The summed E-state index contributed by atoms with van der Waals surface area (Å²) in [4.78, 5) is 11.5. The minimum absolute atomic E-state index is 0.118. The van der Waals surface area contributed by atoms with Gasteiger partial charge in [0.2, 0.25) is 0 Å². The smallest absolute Gasteiger partial charge is 0.191 e. The van der Waals surface area contributed by atoms with E-state index in [9.17, 15) is 0 Å². The van der Waals surface area contributed by atoms with Crippen LogP contribution in [0, 0.1) is 18.8 Å². The van der Waals surface area contributed by atoms with Crippen molar-refractivity contribution in [3.05, 3.63) is 16.1 Å². The molecule has 1 aliphatic heterocycles. The minimum atomic E-state index is 0.118. The Kier molecular flexibility index (Phi) is 7.25. The molecular formula is C19H35N5S. The number of hydrogen-bond acceptors (Lipinski definition) is 4. The quantitative estimate of drug-likeness (QED) is 0.601. The number of aryl methyl sites for hydroxylation is 1. The van der Waals surface area contributed by atoms with Gasteiger partial charge >= 0.3 is 0 Å². The van der Waals surface area contributed by atoms with Gasteiger partial charge in [-0.2, -0.15) is 0 Å². The molecule has 5 nitrogen and oxygen atoms in total. The van der Waals surface area contributed by atoms with Crippen molar-refractivity contribution in [1.82, 2.24) is 20.5 Å². The van der Waals surface area contributed by atoms with Gasteiger partial charge in [-0.25, -0.2) is 4.98 Å². The summed E-state index contributed by atoms with van der Waals surface area (Å²) >= 11 is 1.71. The molecule has 0 bridgehead atoms. The van der Waals surface area contributed by atoms with E-state index in [1.807, 2.05) is 14.0 Å². The van der Waals surface area contributed by atoms with Gasteiger partial charge < -0.3 is 10.6 Å². The third kappa shape index (κ3) is 6.26. The van der Waals surface area contributed by atoms with Crippen molar-refractivity contribution in [2.24, 2.45) is 16.8 Å². The highest BCUT2D eigenvalue weighted by atomic mass is 32.1. The number of rotatable bonds is 6. The van der Waals surface area contributed by atoms with Gasteiger partial charge in [-0.3, -0.25) is 9.89 Å². The number of aromatic nitrogens is 1. The largest absolute Gasteiger partial charge is 0.356 e. The van der Waals surface area contributed by atoms with Gasteiger partial charge in [0.1, 0.15) is 0 Å². The van der Waals surface area contributed by atoms with Crippen molar-refractivity contribution >= 4 is 17.3 Å². The predicted molar refractivity (Wildman–Crippen MR) is 109 cm³/mol. The first-order valence-electron chi connectivity index (χ1n) is 9.40. The van der Waals surface area contributed by atoms with Crippen LogP contribution in [0.5, 0.6) is 0 Å². The maximum absolute atomic E-state index is 4.51. The second-order valence-corrected chi connectivity index (χ2v) is 9.19. The third-order valence-electron chi connectivity index (χ3n) is 4.98. The first-order chi connectivity index (χ1) is 11.8. The Hall–Kier alpha value is -1.14. The molecule has 2 heterocycles. The van der Waals surface area contributed by atoms with Gasteiger partial charge in [0, 0.05) is 50.6 Å². The first-order valence-corrected chi connectivity index (χ1v) is 10.3. The van der Waals surface area contributed by atoms with E-state index in [1.54, 1.807) is 11.3 Å². The maximum Gasteiger partial charge on any atom is 0.191 e. The standard InChI is InChI=1S/C19H35N5S/c1-14-9-15(2)11-24(10-14)19(4,5)13-22-18(20-6)21-8-7-17-12-25-16(3)23-17/h12,14-15H,7-11,13H2,1-6H3,(H2,20,21,22). The normalized spacial score (nSPS) is 22.9. The number of nitrogens with zero attached hydrogens (tertiary/aromatic N) is 3. The highest BCUT2D eigenvalue weighted by Gasteiger charge is 2.32. The topological polar surface area (TPSA) is 52.6 Å². The molecule has 1 aromatic rings. The van der Waals surface area contributed by atoms with Crippen molar-refractivity contribution in [2.45, 2.75) is 53.0 Å². The van der Waals surface area contributed by atoms with E-state index < -0.39 is 0 Å². The Morgan fingerprint density at radius 3 is 2.56 bits per heavy atom. The Morgan fingerprint density at radius 2 is 2.00 bits per heavy atom. The van der Waals surface area contributed by atoms with Crippen LogP contribution in [-0.2, 0) is 6.42 Å². The molecule has 0 radical (unpaired) electrons. The van der Waals surface area contributed by atoms with Crippen molar-refractivity contribution in [1.29, 1.82) is 0 Å². The van der Waals surface area contributed by atoms with Crippen LogP contribution in [0.1, 0.15) is 44.8 Å². The molecule has 1 aromatic heterocycles. The van der Waals surface area contributed by atoms with Crippen LogP contribution in [0.4, 0.5) is 0 Å². The van der Waals surface area contributed by atoms with E-state index in [0.29, 0.717) is 0 Å². The van der Waals surface area contributed by atoms with Gasteiger partial charge in [-0.15, -0.1) is 11.3 Å². The van der Waals surface area contributed by atoms with Crippen LogP contribution in [0.2, 0.25) is 0 Å². The minimum Gasteiger partial charge on any atom is -0.356 e. The second-order valence-electron chi connectivity index (χ2n) is 8.12. The molecule has 142 valence electrons. The number of nitrogens with one attached hydrogen (secondary N) is 2. The summed E-state index contributed by atoms with van der Waals surface area (Å²) in [6.07, 6.45) is 2.27. The van der Waals surface area contributed by atoms with E-state index >= 15 is 0 Å². The third-order valence-corrected chi connectivity index (χ3v) is 5.80. The fourth-order valence-electron chi connectivity index (χ4n) is 3.62. The van der Waals surface area contributed by atoms with Crippen LogP contribution in [0.15, 0.2) is 10.4 Å². The number of piperidine rings is 1. The average molecular weight is 366 g/mol. The van der Waals surface area contributed by atoms with Gasteiger partial charge in [0.15, 0.2) is 5.96 Å². The number of guanidine groups is 1. The SMILES string of the molecule is CN=C(NCCc1csc(C)n1)NCC(C)(C)N1CC(C)CC(C)C1. The van der Waals surface area contributed by atoms with Crippen LogP contribution in [0.3, 0.4) is 0 Å². The highest BCUT2D eigenvalue weighted by molar-refractivity contribution is 7.09. The summed E-state index contributed by atoms with van der Waals surface area (Å²) in [7, 11) is 1.83. The molecule has 1 fully saturated rings. The molecule has 0 aromatic carbocycles. The molecule has 2 rings (SSSR count). The summed E-state index contributed by atoms with van der Waals surface area (Å²) in [6.45, 7) is 15.6. The van der Waals surface area contributed by atoms with E-state index in [4.69, 9.17) is 0 Å². The molecule has 0 aliphatic carbocycles. The number of aliphatic imine (C=N–C) groups is 1. The van der Waals surface area contributed by atoms with Crippen molar-refractivity contribution in [3.63, 3.8) is 0 Å². The molecule has 2 unspecified atom stereocenters. The zero-order valence-corrected chi connectivity index (χ0v) is 17.5. The lowest BCUT2D eigenvalue weighted by Gasteiger charge is -2.45. The summed E-state index contributed by atoms with van der Waals surface area (Å²) in [5.41, 5.74) is 1.27. The Balaban J connectivity index is 1.78. The van der Waals surface area contributed by atoms with Crippen molar-refractivity contribution in [2.75, 3.05) is 33.2 Å². The van der Waals surface area contributed by atoms with Crippen molar-refractivity contribution in [3.8, 4) is 0 Å². The fourth-order valence-corrected chi connectivity index (χ4v) is 4.27. The molecule has 1 aliphatic rings. The monoisotopic (exact) mass is 365 g/mol. The number of likely N-dealkylation sites (tertiary alicyclic amines) is 1. The highest BCUT2D eigenvalue weighted by Crippen LogP contribution is 2.26. The van der Waals surface area contributed by atoms with Crippen LogP contribution >= 0.6 is 11.3 Å². The molecule has 2 N–H and O–H groups in total. The predicted octanol–water partition coefficient (Wildman–Crippen LogP) is 2.92. The Labute approximate surface area is 157 Å². The molecule has 0 spiro atoms. The summed E-state index contributed by atoms with van der Waals surface area (Å²) in [5.74, 6) is 2.43. The lowest BCUT2D eigenvalue weighted by atomic mass is 9.88. The van der Waals surface area contributed by atoms with E-state index in [-0.39, 0.29) is 5.54 Å². The first kappa shape index (κ1) is 20.2. The molecule has 1 saturated heterocycles. The van der Waals surface area contributed by atoms with Crippen LogP contribution in [0.25, 0.3) is 0 Å². The molecule has 2 atom stereocenters. The van der Waals surface area contributed by atoms with Gasteiger partial charge in [-0.05, 0) is 39.0 Å². The molecule has 0 saturated carbocycles. The summed E-state index contributed by atoms with van der Waals surface area (Å²) in [5, 5.41) is 10.2. The van der Waals surface area contributed by atoms with E-state index in [1.165, 1.54) is 19.5 Å². The number of hydrogen-bond donors (Lipinski definition) is 2. The second kappa shape index (κ2) is 8.99. The summed E-state index contributed by atoms with van der Waals surface area (Å²) in [6, 6.07) is 0. The van der Waals surface area contributed by atoms with Crippen LogP contribution in [-0.4, -0.2) is 54.6 Å². The molecule has 0 amide bonds. The van der Waals surface area contributed by atoms with E-state index in [2.05, 4.69) is 58.6 Å². The van der Waals surface area contributed by atoms with Crippen LogP contribution < -0.4 is 10.6 Å². The van der Waals surface area contributed by atoms with Gasteiger partial charge in [0.05, 0.1) is 10.7 Å². The van der Waals surface area contributed by atoms with Gasteiger partial charge in [0.25, 0.3) is 0 Å². The maximum atomic E-state index is 4.51. The number of thiazole rings is 1. The summed E-state index contributed by atoms with van der Waals surface area (Å²) < 4.78 is 0. The van der Waals surface area contributed by atoms with Crippen molar-refractivity contribution < 1.29 is 0 Å². The molecule has 6 heteroatoms.